The molecule has 2 rings (SSSR count). The van der Waals surface area contributed by atoms with Crippen LogP contribution in [-0.2, 0) is 4.74 Å². The number of ether oxygens (including phenoxy) is 2. The molecule has 1 aliphatic rings. The minimum absolute atomic E-state index is 0.0147. The fourth-order valence-corrected chi connectivity index (χ4v) is 1.86. The maximum Gasteiger partial charge on any atom is 0.349 e. The minimum Gasteiger partial charge on any atom is -0.470 e. The first-order chi connectivity index (χ1) is 9.70. The zero-order valence-electron chi connectivity index (χ0n) is 11.4. The molecular weight excluding hydrogens is 264 g/mol. The van der Waals surface area contributed by atoms with E-state index < -0.39 is 4.92 Å². The van der Waals surface area contributed by atoms with E-state index in [4.69, 9.17) is 9.47 Å². The van der Waals surface area contributed by atoms with E-state index >= 15 is 0 Å². The van der Waals surface area contributed by atoms with Crippen LogP contribution < -0.4 is 10.1 Å². The molecule has 0 bridgehead atoms. The van der Waals surface area contributed by atoms with Gasteiger partial charge in [0.2, 0.25) is 5.95 Å². The SMILES string of the molecule is CCCNc1ncc([N+](=O)[O-])c(OCC2CCCO2)n1. The van der Waals surface area contributed by atoms with Gasteiger partial charge in [-0.15, -0.1) is 0 Å². The molecule has 1 saturated heterocycles. The van der Waals surface area contributed by atoms with Gasteiger partial charge in [-0.05, 0) is 19.3 Å². The van der Waals surface area contributed by atoms with Crippen molar-refractivity contribution in [3.05, 3.63) is 16.3 Å². The number of nitro groups is 1. The highest BCUT2D eigenvalue weighted by Crippen LogP contribution is 2.25. The summed E-state index contributed by atoms with van der Waals surface area (Å²) in [6.07, 6.45) is 3.95. The largest absolute Gasteiger partial charge is 0.470 e. The standard InChI is InChI=1S/C12H18N4O4/c1-2-5-13-12-14-7-10(16(17)18)11(15-12)20-8-9-4-3-6-19-9/h7,9H,2-6,8H2,1H3,(H,13,14,15). The molecule has 0 aromatic carbocycles. The molecule has 1 atom stereocenters. The van der Waals surface area contributed by atoms with Crippen LogP contribution in [0.15, 0.2) is 6.20 Å². The molecule has 0 radical (unpaired) electrons. The number of nitrogens with zero attached hydrogens (tertiary/aromatic N) is 3. The van der Waals surface area contributed by atoms with Crippen molar-refractivity contribution in [2.75, 3.05) is 25.1 Å². The van der Waals surface area contributed by atoms with Crippen molar-refractivity contribution in [3.8, 4) is 5.88 Å². The Hall–Kier alpha value is -1.96. The third-order valence-corrected chi connectivity index (χ3v) is 2.90. The van der Waals surface area contributed by atoms with E-state index in [1.807, 2.05) is 6.92 Å². The van der Waals surface area contributed by atoms with Crippen LogP contribution >= 0.6 is 0 Å². The second-order valence-electron chi connectivity index (χ2n) is 4.51. The van der Waals surface area contributed by atoms with Gasteiger partial charge in [0, 0.05) is 13.2 Å². The van der Waals surface area contributed by atoms with Gasteiger partial charge < -0.3 is 14.8 Å². The lowest BCUT2D eigenvalue weighted by molar-refractivity contribution is -0.386. The van der Waals surface area contributed by atoms with Gasteiger partial charge in [-0.3, -0.25) is 10.1 Å². The second kappa shape index (κ2) is 6.99. The summed E-state index contributed by atoms with van der Waals surface area (Å²) in [6, 6.07) is 0. The van der Waals surface area contributed by atoms with Crippen molar-refractivity contribution in [1.29, 1.82) is 0 Å². The molecule has 20 heavy (non-hydrogen) atoms. The molecule has 0 amide bonds. The molecule has 8 nitrogen and oxygen atoms in total. The Morgan fingerprint density at radius 2 is 2.50 bits per heavy atom. The molecule has 1 N–H and O–H groups in total. The summed E-state index contributed by atoms with van der Waals surface area (Å²) in [7, 11) is 0. The van der Waals surface area contributed by atoms with Crippen molar-refractivity contribution < 1.29 is 14.4 Å². The Bertz CT molecular complexity index is 463. The minimum atomic E-state index is -0.547. The molecule has 0 spiro atoms. The summed E-state index contributed by atoms with van der Waals surface area (Å²) in [5, 5.41) is 13.9. The van der Waals surface area contributed by atoms with E-state index in [1.54, 1.807) is 0 Å². The van der Waals surface area contributed by atoms with Crippen molar-refractivity contribution in [2.45, 2.75) is 32.3 Å². The Labute approximate surface area is 116 Å². The highest BCUT2D eigenvalue weighted by atomic mass is 16.6. The van der Waals surface area contributed by atoms with E-state index in [-0.39, 0.29) is 24.3 Å². The molecule has 1 aliphatic heterocycles. The number of nitrogens with one attached hydrogen (secondary N) is 1. The second-order valence-corrected chi connectivity index (χ2v) is 4.51. The quantitative estimate of drug-likeness (QED) is 0.600. The van der Waals surface area contributed by atoms with Crippen molar-refractivity contribution in [1.82, 2.24) is 9.97 Å². The summed E-state index contributed by atoms with van der Waals surface area (Å²) in [4.78, 5) is 18.3. The van der Waals surface area contributed by atoms with E-state index in [0.29, 0.717) is 19.1 Å². The van der Waals surface area contributed by atoms with E-state index in [1.165, 1.54) is 0 Å². The average molecular weight is 282 g/mol. The van der Waals surface area contributed by atoms with Crippen LogP contribution in [0.2, 0.25) is 0 Å². The first kappa shape index (κ1) is 14.4. The van der Waals surface area contributed by atoms with Gasteiger partial charge in [0.25, 0.3) is 5.88 Å². The maximum atomic E-state index is 10.9. The molecule has 0 aliphatic carbocycles. The topological polar surface area (TPSA) is 99.4 Å². The highest BCUT2D eigenvalue weighted by molar-refractivity contribution is 5.43. The van der Waals surface area contributed by atoms with Gasteiger partial charge in [-0.1, -0.05) is 6.92 Å². The predicted octanol–water partition coefficient (Wildman–Crippen LogP) is 1.76. The van der Waals surface area contributed by atoms with E-state index in [0.717, 1.165) is 25.5 Å². The summed E-state index contributed by atoms with van der Waals surface area (Å²) < 4.78 is 10.9. The van der Waals surface area contributed by atoms with Crippen LogP contribution in [0.1, 0.15) is 26.2 Å². The summed E-state index contributed by atoms with van der Waals surface area (Å²) in [5.41, 5.74) is -0.231. The van der Waals surface area contributed by atoms with Crippen LogP contribution in [0.25, 0.3) is 0 Å². The molecule has 1 aromatic rings. The summed E-state index contributed by atoms with van der Waals surface area (Å²) in [6.45, 7) is 3.69. The fraction of sp³-hybridized carbons (Fsp3) is 0.667. The van der Waals surface area contributed by atoms with Crippen molar-refractivity contribution in [3.63, 3.8) is 0 Å². The fourth-order valence-electron chi connectivity index (χ4n) is 1.86. The monoisotopic (exact) mass is 282 g/mol. The Morgan fingerprint density at radius 1 is 1.65 bits per heavy atom. The molecule has 1 unspecified atom stereocenters. The lowest BCUT2D eigenvalue weighted by Gasteiger charge is -2.11. The summed E-state index contributed by atoms with van der Waals surface area (Å²) in [5.74, 6) is 0.318. The molecule has 110 valence electrons. The number of anilines is 1. The maximum absolute atomic E-state index is 10.9. The van der Waals surface area contributed by atoms with Gasteiger partial charge in [0.1, 0.15) is 12.8 Å². The van der Waals surface area contributed by atoms with Crippen molar-refractivity contribution in [2.24, 2.45) is 0 Å². The van der Waals surface area contributed by atoms with Crippen LogP contribution in [0.3, 0.4) is 0 Å². The zero-order chi connectivity index (χ0) is 14.4. The first-order valence-electron chi connectivity index (χ1n) is 6.70. The number of aromatic nitrogens is 2. The van der Waals surface area contributed by atoms with Gasteiger partial charge in [0.15, 0.2) is 0 Å². The molecule has 2 heterocycles. The normalized spacial score (nSPS) is 17.9. The van der Waals surface area contributed by atoms with Gasteiger partial charge in [-0.25, -0.2) is 4.98 Å². The lowest BCUT2D eigenvalue weighted by Crippen LogP contribution is -2.18. The predicted molar refractivity (Wildman–Crippen MR) is 71.9 cm³/mol. The van der Waals surface area contributed by atoms with Gasteiger partial charge in [0.05, 0.1) is 11.0 Å². The van der Waals surface area contributed by atoms with Crippen LogP contribution in [0.4, 0.5) is 11.6 Å². The number of hydrogen-bond donors (Lipinski definition) is 1. The highest BCUT2D eigenvalue weighted by Gasteiger charge is 2.22. The van der Waals surface area contributed by atoms with Crippen LogP contribution in [0, 0.1) is 10.1 Å². The molecule has 1 fully saturated rings. The van der Waals surface area contributed by atoms with E-state index in [9.17, 15) is 10.1 Å². The average Bonchev–Trinajstić information content (AvgIpc) is 2.96. The lowest BCUT2D eigenvalue weighted by atomic mass is 10.2. The summed E-state index contributed by atoms with van der Waals surface area (Å²) >= 11 is 0. The van der Waals surface area contributed by atoms with Crippen molar-refractivity contribution >= 4 is 11.6 Å². The number of rotatable bonds is 7. The van der Waals surface area contributed by atoms with Crippen LogP contribution in [0.5, 0.6) is 5.88 Å². The molecule has 1 aromatic heterocycles. The van der Waals surface area contributed by atoms with E-state index in [2.05, 4.69) is 15.3 Å². The van der Waals surface area contributed by atoms with Gasteiger partial charge in [-0.2, -0.15) is 4.98 Å². The van der Waals surface area contributed by atoms with Gasteiger partial charge >= 0.3 is 5.69 Å². The Kier molecular flexibility index (Phi) is 5.05. The third-order valence-electron chi connectivity index (χ3n) is 2.90. The zero-order valence-corrected chi connectivity index (χ0v) is 11.4. The molecule has 0 saturated carbocycles. The third kappa shape index (κ3) is 3.77. The van der Waals surface area contributed by atoms with Crippen LogP contribution in [-0.4, -0.2) is 40.8 Å². The first-order valence-corrected chi connectivity index (χ1v) is 6.70. The molecule has 8 heteroatoms. The Balaban J connectivity index is 2.06. The smallest absolute Gasteiger partial charge is 0.349 e. The number of hydrogen-bond acceptors (Lipinski definition) is 7. The molecular formula is C12H18N4O4. The Morgan fingerprint density at radius 3 is 3.15 bits per heavy atom.